The molecule has 1 aliphatic rings. The molecule has 2 aromatic rings. The second-order valence-electron chi connectivity index (χ2n) is 7.00. The minimum Gasteiger partial charge on any atom is -0.471 e. The van der Waals surface area contributed by atoms with Crippen LogP contribution in [0.15, 0.2) is 47.1 Å². The number of nitrogens with one attached hydrogen (secondary N) is 2. The summed E-state index contributed by atoms with van der Waals surface area (Å²) in [4.78, 5) is 21.0. The van der Waals surface area contributed by atoms with Gasteiger partial charge in [0, 0.05) is 32.3 Å². The van der Waals surface area contributed by atoms with Gasteiger partial charge in [-0.2, -0.15) is 18.3 Å². The van der Waals surface area contributed by atoms with Gasteiger partial charge in [0.15, 0.2) is 0 Å². The fourth-order valence-electron chi connectivity index (χ4n) is 3.02. The summed E-state index contributed by atoms with van der Waals surface area (Å²) in [6.45, 7) is 4.20. The molecule has 3 heterocycles. The molecule has 1 amide bonds. The molecule has 3 rings (SSSR count). The van der Waals surface area contributed by atoms with Crippen LogP contribution in [0.4, 0.5) is 18.9 Å². The maximum atomic E-state index is 12.7. The smallest absolute Gasteiger partial charge is 0.433 e. The van der Waals surface area contributed by atoms with Gasteiger partial charge in [-0.1, -0.05) is 0 Å². The maximum absolute atomic E-state index is 12.7. The van der Waals surface area contributed by atoms with E-state index in [1.54, 1.807) is 24.1 Å². The number of hydrogen-bond donors (Lipinski definition) is 2. The fourth-order valence-corrected chi connectivity index (χ4v) is 3.02. The first-order chi connectivity index (χ1) is 14.7. The molecule has 2 N–H and O–H groups in total. The number of rotatable bonds is 6. The number of amides is 1. The van der Waals surface area contributed by atoms with Crippen LogP contribution >= 0.6 is 0 Å². The van der Waals surface area contributed by atoms with Gasteiger partial charge < -0.3 is 15.0 Å². The van der Waals surface area contributed by atoms with E-state index < -0.39 is 11.9 Å². The minimum atomic E-state index is -4.52. The van der Waals surface area contributed by atoms with Gasteiger partial charge in [-0.15, -0.1) is 0 Å². The topological polar surface area (TPSA) is 104 Å². The van der Waals surface area contributed by atoms with Gasteiger partial charge in [0.1, 0.15) is 12.3 Å². The summed E-state index contributed by atoms with van der Waals surface area (Å²) < 4.78 is 43.8. The molecule has 1 aliphatic heterocycles. The second kappa shape index (κ2) is 9.11. The Labute approximate surface area is 176 Å². The molecule has 8 nitrogen and oxygen atoms in total. The standard InChI is InChI=1S/C20H21F3N6O2/c1-12(28-24)17(27-16-3-4-18(25-9-16)20(21,22)23)11-31-19-7-14-5-6-29(13(2)30)10-15(14)8-26-19/h3-4,7-9,24,27H,5-6,10-11H2,1-2H3/b17-12-,28-24?. The molecule has 2 aromatic heterocycles. The zero-order valence-electron chi connectivity index (χ0n) is 17.0. The quantitative estimate of drug-likeness (QED) is 0.665. The average molecular weight is 434 g/mol. The molecular weight excluding hydrogens is 413 g/mol. The van der Waals surface area contributed by atoms with E-state index in [9.17, 15) is 18.0 Å². The van der Waals surface area contributed by atoms with Crippen LogP contribution in [0.5, 0.6) is 5.88 Å². The highest BCUT2D eigenvalue weighted by molar-refractivity contribution is 5.73. The molecule has 0 unspecified atom stereocenters. The maximum Gasteiger partial charge on any atom is 0.433 e. The Morgan fingerprint density at radius 2 is 2.03 bits per heavy atom. The predicted octanol–water partition coefficient (Wildman–Crippen LogP) is 4.15. The molecule has 0 saturated heterocycles. The highest BCUT2D eigenvalue weighted by atomic mass is 19.4. The monoisotopic (exact) mass is 434 g/mol. The number of fused-ring (bicyclic) bond motifs is 1. The third kappa shape index (κ3) is 5.56. The molecule has 0 fully saturated rings. The number of ether oxygens (including phenoxy) is 1. The number of pyridine rings is 2. The van der Waals surface area contributed by atoms with Crippen molar-refractivity contribution in [3.63, 3.8) is 0 Å². The van der Waals surface area contributed by atoms with E-state index >= 15 is 0 Å². The molecule has 11 heteroatoms. The van der Waals surface area contributed by atoms with E-state index in [4.69, 9.17) is 10.3 Å². The van der Waals surface area contributed by atoms with Crippen molar-refractivity contribution in [2.24, 2.45) is 5.11 Å². The molecule has 31 heavy (non-hydrogen) atoms. The van der Waals surface area contributed by atoms with E-state index in [0.29, 0.717) is 42.5 Å². The van der Waals surface area contributed by atoms with Gasteiger partial charge in [0.05, 0.1) is 23.3 Å². The SMILES string of the molecule is CC(=O)N1CCc2cc(OC/C(Nc3ccc(C(F)(F)F)nc3)=C(\C)N=N)ncc2C1. The third-order valence-corrected chi connectivity index (χ3v) is 4.83. The first kappa shape index (κ1) is 22.2. The van der Waals surface area contributed by atoms with Crippen LogP contribution in [0.3, 0.4) is 0 Å². The summed E-state index contributed by atoms with van der Waals surface area (Å²) in [5, 5.41) is 6.28. The van der Waals surface area contributed by atoms with Crippen molar-refractivity contribution in [3.05, 3.63) is 58.8 Å². The number of anilines is 1. The lowest BCUT2D eigenvalue weighted by Crippen LogP contribution is -2.34. The molecule has 164 valence electrons. The van der Waals surface area contributed by atoms with Gasteiger partial charge in [0.25, 0.3) is 0 Å². The predicted molar refractivity (Wildman–Crippen MR) is 105 cm³/mol. The Hall–Kier alpha value is -3.50. The van der Waals surface area contributed by atoms with Crippen molar-refractivity contribution in [1.82, 2.24) is 14.9 Å². The molecule has 0 saturated carbocycles. The van der Waals surface area contributed by atoms with Crippen LogP contribution in [0.2, 0.25) is 0 Å². The minimum absolute atomic E-state index is 0.0132. The lowest BCUT2D eigenvalue weighted by Gasteiger charge is -2.27. The first-order valence-electron chi connectivity index (χ1n) is 9.41. The summed E-state index contributed by atoms with van der Waals surface area (Å²) in [6, 6.07) is 3.91. The van der Waals surface area contributed by atoms with E-state index in [2.05, 4.69) is 20.4 Å². The number of carbonyl (C=O) groups is 1. The summed E-state index contributed by atoms with van der Waals surface area (Å²) in [7, 11) is 0. The zero-order chi connectivity index (χ0) is 22.6. The van der Waals surface area contributed by atoms with Crippen LogP contribution in [-0.4, -0.2) is 33.9 Å². The van der Waals surface area contributed by atoms with Crippen molar-refractivity contribution in [3.8, 4) is 5.88 Å². The highest BCUT2D eigenvalue weighted by Gasteiger charge is 2.32. The highest BCUT2D eigenvalue weighted by Crippen LogP contribution is 2.28. The number of aromatic nitrogens is 2. The van der Waals surface area contributed by atoms with Crippen LogP contribution in [0.1, 0.15) is 30.7 Å². The van der Waals surface area contributed by atoms with E-state index in [0.717, 1.165) is 23.4 Å². The summed E-state index contributed by atoms with van der Waals surface area (Å²) in [5.41, 5.74) is 9.23. The molecule has 0 radical (unpaired) electrons. The van der Waals surface area contributed by atoms with Gasteiger partial charge in [0.2, 0.25) is 11.8 Å². The third-order valence-electron chi connectivity index (χ3n) is 4.83. The van der Waals surface area contributed by atoms with E-state index in [-0.39, 0.29) is 12.5 Å². The van der Waals surface area contributed by atoms with Crippen LogP contribution in [0.25, 0.3) is 0 Å². The van der Waals surface area contributed by atoms with Crippen LogP contribution < -0.4 is 10.1 Å². The Morgan fingerprint density at radius 1 is 1.26 bits per heavy atom. The van der Waals surface area contributed by atoms with Gasteiger partial charge in [-0.25, -0.2) is 15.5 Å². The fraction of sp³-hybridized carbons (Fsp3) is 0.350. The van der Waals surface area contributed by atoms with Gasteiger partial charge in [-0.3, -0.25) is 4.79 Å². The molecule has 0 aliphatic carbocycles. The summed E-state index contributed by atoms with van der Waals surface area (Å²) in [5.74, 6) is 0.372. The van der Waals surface area contributed by atoms with Gasteiger partial charge in [-0.05, 0) is 36.6 Å². The number of halogens is 3. The first-order valence-corrected chi connectivity index (χ1v) is 9.41. The molecule has 0 atom stereocenters. The van der Waals surface area contributed by atoms with Crippen molar-refractivity contribution < 1.29 is 22.7 Å². The lowest BCUT2D eigenvalue weighted by atomic mass is 10.0. The van der Waals surface area contributed by atoms with Crippen molar-refractivity contribution in [2.45, 2.75) is 33.0 Å². The number of nitrogens with zero attached hydrogens (tertiary/aromatic N) is 4. The van der Waals surface area contributed by atoms with Crippen LogP contribution in [-0.2, 0) is 23.9 Å². The van der Waals surface area contributed by atoms with Crippen molar-refractivity contribution in [1.29, 1.82) is 5.53 Å². The lowest BCUT2D eigenvalue weighted by molar-refractivity contribution is -0.141. The Morgan fingerprint density at radius 3 is 2.65 bits per heavy atom. The summed E-state index contributed by atoms with van der Waals surface area (Å²) >= 11 is 0. The van der Waals surface area contributed by atoms with Crippen LogP contribution in [0, 0.1) is 5.53 Å². The molecule has 0 bridgehead atoms. The second-order valence-corrected chi connectivity index (χ2v) is 7.00. The average Bonchev–Trinajstić information content (AvgIpc) is 2.75. The number of hydrogen-bond acceptors (Lipinski definition) is 7. The Bertz CT molecular complexity index is 1000. The normalized spacial score (nSPS) is 14.4. The summed E-state index contributed by atoms with van der Waals surface area (Å²) in [6.07, 6.45) is -1.12. The number of allylic oxidation sites excluding steroid dienone is 1. The van der Waals surface area contributed by atoms with E-state index in [1.807, 2.05) is 0 Å². The molecule has 0 aromatic carbocycles. The molecular formula is C20H21F3N6O2. The van der Waals surface area contributed by atoms with Gasteiger partial charge >= 0.3 is 6.18 Å². The van der Waals surface area contributed by atoms with Crippen molar-refractivity contribution >= 4 is 11.6 Å². The number of carbonyl (C=O) groups excluding carboxylic acids is 1. The van der Waals surface area contributed by atoms with Crippen molar-refractivity contribution in [2.75, 3.05) is 18.5 Å². The Balaban J connectivity index is 1.69. The number of alkyl halides is 3. The molecule has 0 spiro atoms. The Kier molecular flexibility index (Phi) is 6.52. The zero-order valence-corrected chi connectivity index (χ0v) is 17.0. The van der Waals surface area contributed by atoms with E-state index in [1.165, 1.54) is 13.0 Å². The largest absolute Gasteiger partial charge is 0.471 e.